The SMILES string of the molecule is CCC(CNCCOC)(Cc1cccs1)c1ccccc1. The summed E-state index contributed by atoms with van der Waals surface area (Å²) >= 11 is 1.85. The minimum absolute atomic E-state index is 0.153. The Bertz CT molecular complexity index is 497. The molecule has 0 spiro atoms. The van der Waals surface area contributed by atoms with Gasteiger partial charge in [-0.1, -0.05) is 43.3 Å². The molecule has 2 aromatic rings. The van der Waals surface area contributed by atoms with E-state index < -0.39 is 0 Å². The van der Waals surface area contributed by atoms with Gasteiger partial charge in [-0.05, 0) is 29.9 Å². The molecule has 3 heteroatoms. The van der Waals surface area contributed by atoms with Crippen molar-refractivity contribution in [1.82, 2.24) is 5.32 Å². The Hall–Kier alpha value is -1.16. The Morgan fingerprint density at radius 2 is 1.95 bits per heavy atom. The zero-order chi connectivity index (χ0) is 15.0. The van der Waals surface area contributed by atoms with E-state index in [-0.39, 0.29) is 5.41 Å². The molecule has 0 bridgehead atoms. The maximum Gasteiger partial charge on any atom is 0.0587 e. The maximum atomic E-state index is 5.14. The summed E-state index contributed by atoms with van der Waals surface area (Å²) in [5, 5.41) is 5.73. The van der Waals surface area contributed by atoms with E-state index in [0.717, 1.165) is 32.5 Å². The predicted molar refractivity (Wildman–Crippen MR) is 91.2 cm³/mol. The molecule has 0 saturated carbocycles. The summed E-state index contributed by atoms with van der Waals surface area (Å²) in [6.45, 7) is 4.93. The van der Waals surface area contributed by atoms with Crippen molar-refractivity contribution in [3.05, 3.63) is 58.3 Å². The lowest BCUT2D eigenvalue weighted by atomic mass is 9.75. The monoisotopic (exact) mass is 303 g/mol. The Kier molecular flexibility index (Phi) is 6.43. The summed E-state index contributed by atoms with van der Waals surface area (Å²) in [7, 11) is 1.75. The van der Waals surface area contributed by atoms with Crippen LogP contribution in [0.3, 0.4) is 0 Å². The van der Waals surface area contributed by atoms with Crippen LogP contribution < -0.4 is 5.32 Å². The smallest absolute Gasteiger partial charge is 0.0587 e. The zero-order valence-corrected chi connectivity index (χ0v) is 13.8. The molecule has 0 fully saturated rings. The average molecular weight is 303 g/mol. The number of thiophene rings is 1. The minimum atomic E-state index is 0.153. The molecule has 0 aliphatic carbocycles. The fourth-order valence-electron chi connectivity index (χ4n) is 2.76. The number of ether oxygens (including phenoxy) is 1. The molecule has 114 valence electrons. The highest BCUT2D eigenvalue weighted by molar-refractivity contribution is 7.09. The second-order valence-electron chi connectivity index (χ2n) is 5.43. The molecule has 0 saturated heterocycles. The Morgan fingerprint density at radius 3 is 2.57 bits per heavy atom. The van der Waals surface area contributed by atoms with Gasteiger partial charge in [0, 0.05) is 30.5 Å². The van der Waals surface area contributed by atoms with Crippen molar-refractivity contribution in [2.24, 2.45) is 0 Å². The van der Waals surface area contributed by atoms with Gasteiger partial charge in [0.15, 0.2) is 0 Å². The van der Waals surface area contributed by atoms with Crippen LogP contribution in [0.15, 0.2) is 47.8 Å². The number of methoxy groups -OCH3 is 1. The van der Waals surface area contributed by atoms with Crippen LogP contribution >= 0.6 is 11.3 Å². The molecule has 21 heavy (non-hydrogen) atoms. The van der Waals surface area contributed by atoms with Crippen LogP contribution in [-0.4, -0.2) is 26.8 Å². The molecular formula is C18H25NOS. The molecule has 1 atom stereocenters. The van der Waals surface area contributed by atoms with Gasteiger partial charge in [-0.25, -0.2) is 0 Å². The molecule has 1 unspecified atom stereocenters. The summed E-state index contributed by atoms with van der Waals surface area (Å²) in [5.74, 6) is 0. The van der Waals surface area contributed by atoms with Crippen molar-refractivity contribution in [1.29, 1.82) is 0 Å². The molecule has 2 nitrogen and oxygen atoms in total. The first-order valence-corrected chi connectivity index (χ1v) is 8.46. The van der Waals surface area contributed by atoms with E-state index in [2.05, 4.69) is 60.1 Å². The van der Waals surface area contributed by atoms with Crippen molar-refractivity contribution in [3.8, 4) is 0 Å². The van der Waals surface area contributed by atoms with Gasteiger partial charge in [0.1, 0.15) is 0 Å². The van der Waals surface area contributed by atoms with Crippen LogP contribution in [0, 0.1) is 0 Å². The molecule has 0 aliphatic heterocycles. The lowest BCUT2D eigenvalue weighted by molar-refractivity contribution is 0.196. The van der Waals surface area contributed by atoms with Gasteiger partial charge < -0.3 is 10.1 Å². The molecule has 1 aromatic carbocycles. The molecular weight excluding hydrogens is 278 g/mol. The number of hydrogen-bond donors (Lipinski definition) is 1. The Labute approximate surface area is 132 Å². The van der Waals surface area contributed by atoms with Gasteiger partial charge in [0.25, 0.3) is 0 Å². The average Bonchev–Trinajstić information content (AvgIpc) is 3.04. The first kappa shape index (κ1) is 16.2. The lowest BCUT2D eigenvalue weighted by Gasteiger charge is -2.34. The zero-order valence-electron chi connectivity index (χ0n) is 13.0. The van der Waals surface area contributed by atoms with E-state index >= 15 is 0 Å². The summed E-state index contributed by atoms with van der Waals surface area (Å²) < 4.78 is 5.14. The summed E-state index contributed by atoms with van der Waals surface area (Å²) in [6, 6.07) is 15.3. The van der Waals surface area contributed by atoms with Crippen LogP contribution in [-0.2, 0) is 16.6 Å². The maximum absolute atomic E-state index is 5.14. The van der Waals surface area contributed by atoms with E-state index in [1.54, 1.807) is 7.11 Å². The number of rotatable bonds is 9. The Morgan fingerprint density at radius 1 is 1.14 bits per heavy atom. The quantitative estimate of drug-likeness (QED) is 0.710. The summed E-state index contributed by atoms with van der Waals surface area (Å²) in [4.78, 5) is 1.45. The number of benzene rings is 1. The van der Waals surface area contributed by atoms with Crippen LogP contribution in [0.1, 0.15) is 23.8 Å². The molecule has 1 aromatic heterocycles. The van der Waals surface area contributed by atoms with Crippen molar-refractivity contribution in [2.45, 2.75) is 25.2 Å². The summed E-state index contributed by atoms with van der Waals surface area (Å²) in [6.07, 6.45) is 2.21. The third-order valence-corrected chi connectivity index (χ3v) is 4.98. The van der Waals surface area contributed by atoms with Gasteiger partial charge in [0.05, 0.1) is 6.61 Å². The van der Waals surface area contributed by atoms with E-state index in [0.29, 0.717) is 0 Å². The van der Waals surface area contributed by atoms with Gasteiger partial charge in [-0.15, -0.1) is 11.3 Å². The Balaban J connectivity index is 2.18. The van der Waals surface area contributed by atoms with E-state index in [1.807, 2.05) is 11.3 Å². The molecule has 0 amide bonds. The minimum Gasteiger partial charge on any atom is -0.383 e. The molecule has 2 rings (SSSR count). The fraction of sp³-hybridized carbons (Fsp3) is 0.444. The fourth-order valence-corrected chi connectivity index (χ4v) is 3.61. The first-order chi connectivity index (χ1) is 10.3. The largest absolute Gasteiger partial charge is 0.383 e. The van der Waals surface area contributed by atoms with Crippen LogP contribution in [0.5, 0.6) is 0 Å². The van der Waals surface area contributed by atoms with Crippen LogP contribution in [0.2, 0.25) is 0 Å². The van der Waals surface area contributed by atoms with E-state index in [9.17, 15) is 0 Å². The van der Waals surface area contributed by atoms with Crippen LogP contribution in [0.4, 0.5) is 0 Å². The van der Waals surface area contributed by atoms with Crippen molar-refractivity contribution in [3.63, 3.8) is 0 Å². The van der Waals surface area contributed by atoms with Crippen molar-refractivity contribution in [2.75, 3.05) is 26.8 Å². The van der Waals surface area contributed by atoms with Crippen molar-refractivity contribution < 1.29 is 4.74 Å². The third kappa shape index (κ3) is 4.40. The normalized spacial score (nSPS) is 14.0. The molecule has 1 N–H and O–H groups in total. The highest BCUT2D eigenvalue weighted by Crippen LogP contribution is 2.33. The van der Waals surface area contributed by atoms with Crippen LogP contribution in [0.25, 0.3) is 0 Å². The molecule has 0 aliphatic rings. The topological polar surface area (TPSA) is 21.3 Å². The lowest BCUT2D eigenvalue weighted by Crippen LogP contribution is -2.40. The van der Waals surface area contributed by atoms with Gasteiger partial charge >= 0.3 is 0 Å². The van der Waals surface area contributed by atoms with E-state index in [1.165, 1.54) is 10.4 Å². The second kappa shape index (κ2) is 8.32. The standard InChI is InChI=1S/C18H25NOS/c1-3-18(15-19-11-12-20-2,14-17-10-7-13-21-17)16-8-5-4-6-9-16/h4-10,13,19H,3,11-12,14-15H2,1-2H3. The van der Waals surface area contributed by atoms with Gasteiger partial charge in [-0.2, -0.15) is 0 Å². The number of nitrogens with one attached hydrogen (secondary N) is 1. The van der Waals surface area contributed by atoms with Gasteiger partial charge in [-0.3, -0.25) is 0 Å². The second-order valence-corrected chi connectivity index (χ2v) is 6.46. The van der Waals surface area contributed by atoms with Crippen molar-refractivity contribution >= 4 is 11.3 Å². The predicted octanol–water partition coefficient (Wildman–Crippen LogP) is 3.87. The first-order valence-electron chi connectivity index (χ1n) is 7.58. The van der Waals surface area contributed by atoms with E-state index in [4.69, 9.17) is 4.74 Å². The highest BCUT2D eigenvalue weighted by Gasteiger charge is 2.30. The molecule has 1 heterocycles. The third-order valence-electron chi connectivity index (χ3n) is 4.10. The van der Waals surface area contributed by atoms with Gasteiger partial charge in [0.2, 0.25) is 0 Å². The molecule has 0 radical (unpaired) electrons. The highest BCUT2D eigenvalue weighted by atomic mass is 32.1. The summed E-state index contributed by atoms with van der Waals surface area (Å²) in [5.41, 5.74) is 1.57. The number of hydrogen-bond acceptors (Lipinski definition) is 3.